The van der Waals surface area contributed by atoms with E-state index in [0.29, 0.717) is 12.1 Å². The topological polar surface area (TPSA) is 41.6 Å². The fourth-order valence-corrected chi connectivity index (χ4v) is 3.09. The van der Waals surface area contributed by atoms with Crippen LogP contribution in [-0.4, -0.2) is 31.0 Å². The Labute approximate surface area is 143 Å². The summed E-state index contributed by atoms with van der Waals surface area (Å²) in [5.74, 6) is 0.729. The molecule has 1 amide bonds. The van der Waals surface area contributed by atoms with Crippen LogP contribution in [0.25, 0.3) is 0 Å². The van der Waals surface area contributed by atoms with Gasteiger partial charge in [0, 0.05) is 24.2 Å². The summed E-state index contributed by atoms with van der Waals surface area (Å²) in [6.45, 7) is 3.80. The molecule has 0 saturated carbocycles. The van der Waals surface area contributed by atoms with E-state index in [2.05, 4.69) is 22.3 Å². The summed E-state index contributed by atoms with van der Waals surface area (Å²) in [7, 11) is 1.64. The quantitative estimate of drug-likeness (QED) is 0.887. The molecule has 0 radical (unpaired) electrons. The molecule has 1 N–H and O–H groups in total. The van der Waals surface area contributed by atoms with Crippen LogP contribution in [0.4, 0.5) is 0 Å². The molecule has 4 nitrogen and oxygen atoms in total. The largest absolute Gasteiger partial charge is 0.496 e. The van der Waals surface area contributed by atoms with Crippen molar-refractivity contribution in [2.45, 2.75) is 25.9 Å². The predicted molar refractivity (Wildman–Crippen MR) is 95.1 cm³/mol. The zero-order valence-electron chi connectivity index (χ0n) is 14.1. The molecule has 126 valence electrons. The lowest BCUT2D eigenvalue weighted by molar-refractivity contribution is 0.0950. The molecule has 0 spiro atoms. The number of carbonyl (C=O) groups is 1. The monoisotopic (exact) mass is 324 g/mol. The smallest absolute Gasteiger partial charge is 0.251 e. The normalized spacial score (nSPS) is 14.5. The van der Waals surface area contributed by atoms with Gasteiger partial charge in [-0.05, 0) is 49.7 Å². The molecule has 0 unspecified atom stereocenters. The maximum atomic E-state index is 12.3. The average molecular weight is 324 g/mol. The lowest BCUT2D eigenvalue weighted by Crippen LogP contribution is -2.23. The zero-order valence-corrected chi connectivity index (χ0v) is 14.1. The maximum absolute atomic E-state index is 12.3. The second-order valence-electron chi connectivity index (χ2n) is 6.17. The van der Waals surface area contributed by atoms with Crippen molar-refractivity contribution in [1.29, 1.82) is 0 Å². The molecule has 0 aromatic heterocycles. The molecule has 24 heavy (non-hydrogen) atoms. The van der Waals surface area contributed by atoms with Crippen LogP contribution in [0.2, 0.25) is 0 Å². The van der Waals surface area contributed by atoms with Crippen molar-refractivity contribution >= 4 is 5.91 Å². The van der Waals surface area contributed by atoms with Crippen molar-refractivity contribution in [1.82, 2.24) is 10.2 Å². The molecule has 1 aliphatic rings. The number of hydrogen-bond acceptors (Lipinski definition) is 3. The number of benzene rings is 2. The lowest BCUT2D eigenvalue weighted by atomic mass is 10.1. The Bertz CT molecular complexity index is 676. The Hall–Kier alpha value is -2.33. The molecule has 0 aliphatic carbocycles. The van der Waals surface area contributed by atoms with Crippen molar-refractivity contribution in [3.05, 3.63) is 65.2 Å². The van der Waals surface area contributed by atoms with E-state index in [4.69, 9.17) is 4.74 Å². The van der Waals surface area contributed by atoms with Crippen LogP contribution in [0.3, 0.4) is 0 Å². The number of likely N-dealkylation sites (tertiary alicyclic amines) is 1. The third-order valence-electron chi connectivity index (χ3n) is 4.45. The molecule has 1 saturated heterocycles. The number of para-hydroxylation sites is 1. The Morgan fingerprint density at radius 2 is 1.79 bits per heavy atom. The highest BCUT2D eigenvalue weighted by Crippen LogP contribution is 2.17. The van der Waals surface area contributed by atoms with Gasteiger partial charge in [-0.25, -0.2) is 0 Å². The summed E-state index contributed by atoms with van der Waals surface area (Å²) in [6.07, 6.45) is 2.59. The van der Waals surface area contributed by atoms with Gasteiger partial charge in [-0.2, -0.15) is 0 Å². The first-order valence-electron chi connectivity index (χ1n) is 8.47. The summed E-state index contributed by atoms with van der Waals surface area (Å²) in [6, 6.07) is 15.6. The highest BCUT2D eigenvalue weighted by atomic mass is 16.5. The van der Waals surface area contributed by atoms with E-state index in [9.17, 15) is 4.79 Å². The number of hydrogen-bond donors (Lipinski definition) is 1. The second kappa shape index (κ2) is 7.97. The number of methoxy groups -OCH3 is 1. The van der Waals surface area contributed by atoms with Crippen LogP contribution in [0.15, 0.2) is 48.5 Å². The molecule has 4 heteroatoms. The number of rotatable bonds is 6. The van der Waals surface area contributed by atoms with Gasteiger partial charge in [0.05, 0.1) is 7.11 Å². The van der Waals surface area contributed by atoms with E-state index in [1.807, 2.05) is 36.4 Å². The van der Waals surface area contributed by atoms with Gasteiger partial charge in [0.25, 0.3) is 5.91 Å². The molecule has 2 aromatic carbocycles. The van der Waals surface area contributed by atoms with Crippen molar-refractivity contribution in [2.24, 2.45) is 0 Å². The van der Waals surface area contributed by atoms with E-state index in [-0.39, 0.29) is 5.91 Å². The maximum Gasteiger partial charge on any atom is 0.251 e. The first-order chi connectivity index (χ1) is 11.8. The van der Waals surface area contributed by atoms with Gasteiger partial charge in [-0.1, -0.05) is 30.3 Å². The molecular formula is C20H24N2O2. The highest BCUT2D eigenvalue weighted by Gasteiger charge is 2.12. The van der Waals surface area contributed by atoms with Gasteiger partial charge in [0.1, 0.15) is 5.75 Å². The standard InChI is InChI=1S/C20H24N2O2/c1-24-19-7-3-2-6-18(19)14-21-20(23)17-10-8-16(9-11-17)15-22-12-4-5-13-22/h2-3,6-11H,4-5,12-15H2,1H3,(H,21,23). The van der Waals surface area contributed by atoms with E-state index < -0.39 is 0 Å². The lowest BCUT2D eigenvalue weighted by Gasteiger charge is -2.14. The van der Waals surface area contributed by atoms with Gasteiger partial charge in [-0.15, -0.1) is 0 Å². The van der Waals surface area contributed by atoms with Gasteiger partial charge >= 0.3 is 0 Å². The number of ether oxygens (including phenoxy) is 1. The van der Waals surface area contributed by atoms with Crippen LogP contribution in [-0.2, 0) is 13.1 Å². The van der Waals surface area contributed by atoms with E-state index in [1.165, 1.54) is 31.5 Å². The fraction of sp³-hybridized carbons (Fsp3) is 0.350. The van der Waals surface area contributed by atoms with Gasteiger partial charge in [0.2, 0.25) is 0 Å². The molecule has 2 aromatic rings. The van der Waals surface area contributed by atoms with Crippen LogP contribution in [0.5, 0.6) is 5.75 Å². The number of carbonyl (C=O) groups excluding carboxylic acids is 1. The predicted octanol–water partition coefficient (Wildman–Crippen LogP) is 3.22. The van der Waals surface area contributed by atoms with Crippen LogP contribution >= 0.6 is 0 Å². The highest BCUT2D eigenvalue weighted by molar-refractivity contribution is 5.94. The second-order valence-corrected chi connectivity index (χ2v) is 6.17. The minimum atomic E-state index is -0.0615. The van der Waals surface area contributed by atoms with Crippen molar-refractivity contribution in [2.75, 3.05) is 20.2 Å². The SMILES string of the molecule is COc1ccccc1CNC(=O)c1ccc(CN2CCCC2)cc1. The Morgan fingerprint density at radius 1 is 1.08 bits per heavy atom. The van der Waals surface area contributed by atoms with Crippen molar-refractivity contribution in [3.63, 3.8) is 0 Å². The molecule has 1 heterocycles. The summed E-state index contributed by atoms with van der Waals surface area (Å²) < 4.78 is 5.31. The third kappa shape index (κ3) is 4.15. The van der Waals surface area contributed by atoms with E-state index >= 15 is 0 Å². The summed E-state index contributed by atoms with van der Waals surface area (Å²) in [5.41, 5.74) is 2.92. The van der Waals surface area contributed by atoms with Crippen molar-refractivity contribution < 1.29 is 9.53 Å². The zero-order chi connectivity index (χ0) is 16.8. The van der Waals surface area contributed by atoms with Gasteiger partial charge in [-0.3, -0.25) is 9.69 Å². The fourth-order valence-electron chi connectivity index (χ4n) is 3.09. The first kappa shape index (κ1) is 16.5. The number of nitrogens with zero attached hydrogens (tertiary/aromatic N) is 1. The van der Waals surface area contributed by atoms with Gasteiger partial charge < -0.3 is 10.1 Å². The minimum Gasteiger partial charge on any atom is -0.496 e. The molecule has 1 aliphatic heterocycles. The Kier molecular flexibility index (Phi) is 5.49. The number of nitrogens with one attached hydrogen (secondary N) is 1. The summed E-state index contributed by atoms with van der Waals surface area (Å²) in [4.78, 5) is 14.8. The Morgan fingerprint density at radius 3 is 2.50 bits per heavy atom. The molecule has 0 bridgehead atoms. The minimum absolute atomic E-state index is 0.0615. The van der Waals surface area contributed by atoms with Gasteiger partial charge in [0.15, 0.2) is 0 Å². The first-order valence-corrected chi connectivity index (χ1v) is 8.47. The van der Waals surface area contributed by atoms with Crippen LogP contribution < -0.4 is 10.1 Å². The summed E-state index contributed by atoms with van der Waals surface area (Å²) in [5, 5.41) is 2.95. The van der Waals surface area contributed by atoms with E-state index in [1.54, 1.807) is 7.11 Å². The molecular weight excluding hydrogens is 300 g/mol. The number of amides is 1. The summed E-state index contributed by atoms with van der Waals surface area (Å²) >= 11 is 0. The van der Waals surface area contributed by atoms with E-state index in [0.717, 1.165) is 17.9 Å². The average Bonchev–Trinajstić information content (AvgIpc) is 3.13. The van der Waals surface area contributed by atoms with Crippen LogP contribution in [0.1, 0.15) is 34.3 Å². The molecule has 0 atom stereocenters. The molecule has 1 fully saturated rings. The van der Waals surface area contributed by atoms with Crippen molar-refractivity contribution in [3.8, 4) is 5.75 Å². The van der Waals surface area contributed by atoms with Crippen LogP contribution in [0, 0.1) is 0 Å². The third-order valence-corrected chi connectivity index (χ3v) is 4.45. The molecule has 3 rings (SSSR count). The Balaban J connectivity index is 1.56.